The number of carbonyl (C=O) groups excluding carboxylic acids is 1. The Morgan fingerprint density at radius 2 is 1.82 bits per heavy atom. The van der Waals surface area contributed by atoms with Gasteiger partial charge in [0.15, 0.2) is 5.82 Å². The van der Waals surface area contributed by atoms with E-state index in [-0.39, 0.29) is 29.3 Å². The van der Waals surface area contributed by atoms with Gasteiger partial charge >= 0.3 is 6.18 Å². The fourth-order valence-electron chi connectivity index (χ4n) is 2.75. The van der Waals surface area contributed by atoms with Gasteiger partial charge in [-0.2, -0.15) is 18.2 Å². The SMILES string of the molecule is CC(C)(C)CC(=O)Nc1nc2ncc(Cl)cn2c1-c1ccc(C(F)(F)F)cc1. The molecule has 2 aromatic heterocycles. The summed E-state index contributed by atoms with van der Waals surface area (Å²) in [7, 11) is 0. The number of carbonyl (C=O) groups is 1. The number of hydrogen-bond donors (Lipinski definition) is 1. The van der Waals surface area contributed by atoms with E-state index in [9.17, 15) is 18.0 Å². The van der Waals surface area contributed by atoms with Gasteiger partial charge in [0.05, 0.1) is 22.5 Å². The average molecular weight is 411 g/mol. The number of hydrogen-bond acceptors (Lipinski definition) is 3. The second-order valence-corrected chi connectivity index (χ2v) is 8.05. The number of nitrogens with zero attached hydrogens (tertiary/aromatic N) is 3. The molecule has 0 aliphatic carbocycles. The highest BCUT2D eigenvalue weighted by molar-refractivity contribution is 6.30. The summed E-state index contributed by atoms with van der Waals surface area (Å²) < 4.78 is 40.2. The molecule has 9 heteroatoms. The smallest absolute Gasteiger partial charge is 0.309 e. The third-order valence-corrected chi connectivity index (χ3v) is 4.08. The van der Waals surface area contributed by atoms with E-state index in [1.807, 2.05) is 20.8 Å². The molecular formula is C19H18ClF3N4O. The first-order valence-corrected chi connectivity index (χ1v) is 8.83. The van der Waals surface area contributed by atoms with E-state index in [1.165, 1.54) is 22.7 Å². The highest BCUT2D eigenvalue weighted by atomic mass is 35.5. The molecule has 0 saturated heterocycles. The quantitative estimate of drug-likeness (QED) is 0.625. The van der Waals surface area contributed by atoms with Gasteiger partial charge in [-0.1, -0.05) is 44.5 Å². The first-order chi connectivity index (χ1) is 12.9. The molecule has 0 spiro atoms. The predicted molar refractivity (Wildman–Crippen MR) is 101 cm³/mol. The van der Waals surface area contributed by atoms with Crippen molar-refractivity contribution < 1.29 is 18.0 Å². The molecule has 148 valence electrons. The van der Waals surface area contributed by atoms with E-state index >= 15 is 0 Å². The molecule has 3 rings (SSSR count). The summed E-state index contributed by atoms with van der Waals surface area (Å²) in [6.45, 7) is 5.77. The summed E-state index contributed by atoms with van der Waals surface area (Å²) >= 11 is 6.02. The van der Waals surface area contributed by atoms with Crippen LogP contribution in [0.1, 0.15) is 32.8 Å². The molecule has 0 fully saturated rings. The zero-order valence-electron chi connectivity index (χ0n) is 15.4. The molecule has 0 atom stereocenters. The van der Waals surface area contributed by atoms with E-state index < -0.39 is 11.7 Å². The third-order valence-electron chi connectivity index (χ3n) is 3.88. The minimum absolute atomic E-state index is 0.212. The molecule has 0 aliphatic rings. The molecule has 0 unspecified atom stereocenters. The third kappa shape index (κ3) is 4.44. The molecule has 28 heavy (non-hydrogen) atoms. The number of fused-ring (bicyclic) bond motifs is 1. The number of imidazole rings is 1. The number of nitrogens with one attached hydrogen (secondary N) is 1. The van der Waals surface area contributed by atoms with Crippen molar-refractivity contribution in [1.82, 2.24) is 14.4 Å². The second-order valence-electron chi connectivity index (χ2n) is 7.61. The lowest BCUT2D eigenvalue weighted by Crippen LogP contribution is -2.20. The summed E-state index contributed by atoms with van der Waals surface area (Å²) in [6, 6.07) is 4.61. The van der Waals surface area contributed by atoms with Crippen LogP contribution in [-0.4, -0.2) is 20.3 Å². The van der Waals surface area contributed by atoms with Gasteiger partial charge in [-0.3, -0.25) is 9.20 Å². The molecule has 3 aromatic rings. The lowest BCUT2D eigenvalue weighted by molar-refractivity contribution is -0.137. The van der Waals surface area contributed by atoms with Gasteiger partial charge < -0.3 is 5.32 Å². The number of halogens is 4. The Labute approximate surface area is 164 Å². The van der Waals surface area contributed by atoms with Gasteiger partial charge in [0.2, 0.25) is 11.7 Å². The summed E-state index contributed by atoms with van der Waals surface area (Å²) in [5.41, 5.74) is -0.157. The molecule has 5 nitrogen and oxygen atoms in total. The van der Waals surface area contributed by atoms with Crippen LogP contribution < -0.4 is 5.32 Å². The first-order valence-electron chi connectivity index (χ1n) is 8.45. The fraction of sp³-hybridized carbons (Fsp3) is 0.316. The number of rotatable bonds is 3. The fourth-order valence-corrected chi connectivity index (χ4v) is 2.89. The maximum atomic E-state index is 12.9. The van der Waals surface area contributed by atoms with Crippen LogP contribution in [0.5, 0.6) is 0 Å². The van der Waals surface area contributed by atoms with E-state index in [0.29, 0.717) is 16.3 Å². The Morgan fingerprint density at radius 3 is 2.39 bits per heavy atom. The van der Waals surface area contributed by atoms with E-state index in [2.05, 4.69) is 15.3 Å². The minimum atomic E-state index is -4.44. The molecular weight excluding hydrogens is 393 g/mol. The van der Waals surface area contributed by atoms with Gasteiger partial charge in [-0.25, -0.2) is 4.98 Å². The largest absolute Gasteiger partial charge is 0.416 e. The van der Waals surface area contributed by atoms with E-state index in [1.54, 1.807) is 6.20 Å². The summed E-state index contributed by atoms with van der Waals surface area (Å²) in [6.07, 6.45) is -1.24. The minimum Gasteiger partial charge on any atom is -0.309 e. The van der Waals surface area contributed by atoms with Crippen molar-refractivity contribution in [3.05, 3.63) is 47.2 Å². The Balaban J connectivity index is 2.08. The van der Waals surface area contributed by atoms with Crippen molar-refractivity contribution >= 4 is 29.1 Å². The number of alkyl halides is 3. The second kappa shape index (κ2) is 7.09. The van der Waals surface area contributed by atoms with Gasteiger partial charge in [-0.15, -0.1) is 0 Å². The average Bonchev–Trinajstić information content (AvgIpc) is 2.89. The molecule has 2 heterocycles. The topological polar surface area (TPSA) is 59.3 Å². The monoisotopic (exact) mass is 410 g/mol. The highest BCUT2D eigenvalue weighted by Crippen LogP contribution is 2.34. The number of amides is 1. The maximum Gasteiger partial charge on any atom is 0.416 e. The Morgan fingerprint density at radius 1 is 1.18 bits per heavy atom. The van der Waals surface area contributed by atoms with Crippen LogP contribution in [0.4, 0.5) is 19.0 Å². The highest BCUT2D eigenvalue weighted by Gasteiger charge is 2.30. The summed E-state index contributed by atoms with van der Waals surface area (Å²) in [5, 5.41) is 3.07. The van der Waals surface area contributed by atoms with Gasteiger partial charge in [-0.05, 0) is 17.5 Å². The first kappa shape index (κ1) is 20.1. The molecule has 1 amide bonds. The predicted octanol–water partition coefficient (Wildman–Crippen LogP) is 5.44. The van der Waals surface area contributed by atoms with Crippen LogP contribution >= 0.6 is 11.6 Å². The van der Waals surface area contributed by atoms with Crippen LogP contribution in [0.3, 0.4) is 0 Å². The Bertz CT molecular complexity index is 1020. The number of anilines is 1. The van der Waals surface area contributed by atoms with Crippen molar-refractivity contribution in [2.75, 3.05) is 5.32 Å². The van der Waals surface area contributed by atoms with Crippen molar-refractivity contribution in [3.63, 3.8) is 0 Å². The van der Waals surface area contributed by atoms with Crippen LogP contribution in [0.2, 0.25) is 5.02 Å². The number of benzene rings is 1. The van der Waals surface area contributed by atoms with Crippen molar-refractivity contribution in [2.45, 2.75) is 33.4 Å². The van der Waals surface area contributed by atoms with E-state index in [0.717, 1.165) is 12.1 Å². The van der Waals surface area contributed by atoms with Crippen LogP contribution in [-0.2, 0) is 11.0 Å². The molecule has 1 N–H and O–H groups in total. The standard InChI is InChI=1S/C19H18ClF3N4O/c1-18(2,3)8-14(28)25-16-15(27-10-13(20)9-24-17(27)26-16)11-4-6-12(7-5-11)19(21,22)23/h4-7,9-10H,8H2,1-3H3,(H,25,28). The molecule has 0 bridgehead atoms. The van der Waals surface area contributed by atoms with Crippen LogP contribution in [0.25, 0.3) is 17.0 Å². The zero-order valence-corrected chi connectivity index (χ0v) is 16.2. The van der Waals surface area contributed by atoms with Gasteiger partial charge in [0.1, 0.15) is 0 Å². The molecule has 1 aromatic carbocycles. The van der Waals surface area contributed by atoms with Gasteiger partial charge in [0, 0.05) is 18.2 Å². The van der Waals surface area contributed by atoms with Crippen molar-refractivity contribution in [3.8, 4) is 11.3 Å². The van der Waals surface area contributed by atoms with Crippen molar-refractivity contribution in [1.29, 1.82) is 0 Å². The maximum absolute atomic E-state index is 12.9. The van der Waals surface area contributed by atoms with Gasteiger partial charge in [0.25, 0.3) is 0 Å². The van der Waals surface area contributed by atoms with E-state index in [4.69, 9.17) is 11.6 Å². The Kier molecular flexibility index (Phi) is 5.10. The zero-order chi connectivity index (χ0) is 20.7. The lowest BCUT2D eigenvalue weighted by atomic mass is 9.92. The van der Waals surface area contributed by atoms with Crippen LogP contribution in [0, 0.1) is 5.41 Å². The molecule has 0 aliphatic heterocycles. The summed E-state index contributed by atoms with van der Waals surface area (Å²) in [5.74, 6) is 0.226. The van der Waals surface area contributed by atoms with Crippen molar-refractivity contribution in [2.24, 2.45) is 5.41 Å². The van der Waals surface area contributed by atoms with Crippen LogP contribution in [0.15, 0.2) is 36.7 Å². The molecule has 0 saturated carbocycles. The lowest BCUT2D eigenvalue weighted by Gasteiger charge is -2.17. The Hall–Kier alpha value is -2.61. The number of aromatic nitrogens is 3. The summed E-state index contributed by atoms with van der Waals surface area (Å²) in [4.78, 5) is 20.8. The normalized spacial score (nSPS) is 12.4. The molecule has 0 radical (unpaired) electrons.